The van der Waals surface area contributed by atoms with Gasteiger partial charge in [-0.05, 0) is 18.6 Å². The highest BCUT2D eigenvalue weighted by atomic mass is 15.3. The van der Waals surface area contributed by atoms with Gasteiger partial charge in [-0.25, -0.2) is 0 Å². The maximum absolute atomic E-state index is 4.31. The Labute approximate surface area is 89.0 Å². The van der Waals surface area contributed by atoms with Crippen molar-refractivity contribution in [2.75, 3.05) is 5.32 Å². The number of hydrogen-bond donors (Lipinski definition) is 1. The maximum atomic E-state index is 4.31. The van der Waals surface area contributed by atoms with Crippen molar-refractivity contribution < 1.29 is 0 Å². The molecule has 2 rings (SSSR count). The third kappa shape index (κ3) is 2.56. The van der Waals surface area contributed by atoms with Gasteiger partial charge in [0.2, 0.25) is 0 Å². The van der Waals surface area contributed by atoms with Crippen LogP contribution in [0.3, 0.4) is 0 Å². The summed E-state index contributed by atoms with van der Waals surface area (Å²) < 4.78 is 1.77. The molecular weight excluding hydrogens is 188 g/mol. The van der Waals surface area contributed by atoms with E-state index in [1.807, 2.05) is 32.4 Å². The molecule has 2 heterocycles. The van der Waals surface area contributed by atoms with E-state index in [2.05, 4.69) is 21.5 Å². The van der Waals surface area contributed by atoms with Gasteiger partial charge in [-0.1, -0.05) is 6.07 Å². The number of nitrogens with zero attached hydrogens (tertiary/aromatic N) is 3. The van der Waals surface area contributed by atoms with Crippen molar-refractivity contribution in [1.82, 2.24) is 14.8 Å². The Morgan fingerprint density at radius 2 is 2.20 bits per heavy atom. The lowest BCUT2D eigenvalue weighted by molar-refractivity contribution is 0.768. The van der Waals surface area contributed by atoms with Gasteiger partial charge in [0.25, 0.3) is 0 Å². The zero-order valence-corrected chi connectivity index (χ0v) is 8.94. The molecule has 0 amide bonds. The Balaban J connectivity index is 1.96. The van der Waals surface area contributed by atoms with Crippen LogP contribution >= 0.6 is 0 Å². The Bertz CT molecular complexity index is 430. The van der Waals surface area contributed by atoms with Crippen LogP contribution in [0, 0.1) is 6.92 Å². The van der Waals surface area contributed by atoms with Gasteiger partial charge in [0.15, 0.2) is 0 Å². The first-order valence-electron chi connectivity index (χ1n) is 4.88. The van der Waals surface area contributed by atoms with Crippen LogP contribution in [-0.4, -0.2) is 14.8 Å². The first-order valence-corrected chi connectivity index (χ1v) is 4.88. The molecule has 4 heteroatoms. The van der Waals surface area contributed by atoms with Gasteiger partial charge in [-0.15, -0.1) is 0 Å². The van der Waals surface area contributed by atoms with E-state index in [0.29, 0.717) is 0 Å². The van der Waals surface area contributed by atoms with Crippen molar-refractivity contribution in [3.8, 4) is 0 Å². The third-order valence-corrected chi connectivity index (χ3v) is 2.15. The van der Waals surface area contributed by atoms with Crippen LogP contribution in [0.25, 0.3) is 0 Å². The molecule has 0 aliphatic heterocycles. The molecule has 0 aromatic carbocycles. The van der Waals surface area contributed by atoms with Gasteiger partial charge in [0.1, 0.15) is 0 Å². The lowest BCUT2D eigenvalue weighted by Gasteiger charge is -2.02. The van der Waals surface area contributed by atoms with Gasteiger partial charge in [0, 0.05) is 19.4 Å². The first kappa shape index (κ1) is 9.71. The van der Waals surface area contributed by atoms with Crippen LogP contribution in [-0.2, 0) is 13.6 Å². The lowest BCUT2D eigenvalue weighted by Crippen LogP contribution is -2.00. The zero-order chi connectivity index (χ0) is 10.7. The highest BCUT2D eigenvalue weighted by molar-refractivity contribution is 5.38. The average Bonchev–Trinajstić information content (AvgIpc) is 2.64. The summed E-state index contributed by atoms with van der Waals surface area (Å²) in [5, 5.41) is 7.33. The van der Waals surface area contributed by atoms with Crippen LogP contribution in [0.15, 0.2) is 30.7 Å². The third-order valence-electron chi connectivity index (χ3n) is 2.15. The van der Waals surface area contributed by atoms with E-state index in [9.17, 15) is 0 Å². The van der Waals surface area contributed by atoms with Gasteiger partial charge >= 0.3 is 0 Å². The number of rotatable bonds is 3. The molecule has 0 saturated carbocycles. The number of nitrogens with one attached hydrogen (secondary N) is 1. The van der Waals surface area contributed by atoms with Gasteiger partial charge < -0.3 is 5.32 Å². The number of aryl methyl sites for hydroxylation is 2. The smallest absolute Gasteiger partial charge is 0.0729 e. The van der Waals surface area contributed by atoms with Crippen LogP contribution in [0.2, 0.25) is 0 Å². The van der Waals surface area contributed by atoms with Gasteiger partial charge in [0.05, 0.1) is 24.1 Å². The Kier molecular flexibility index (Phi) is 2.67. The quantitative estimate of drug-likeness (QED) is 0.824. The SMILES string of the molecule is Cc1ccc(CNc2cnn(C)c2)nc1. The van der Waals surface area contributed by atoms with Crippen LogP contribution < -0.4 is 5.32 Å². The first-order chi connectivity index (χ1) is 7.24. The predicted molar refractivity (Wildman–Crippen MR) is 59.5 cm³/mol. The maximum Gasteiger partial charge on any atom is 0.0729 e. The normalized spacial score (nSPS) is 10.3. The molecule has 78 valence electrons. The molecule has 0 spiro atoms. The second-order valence-electron chi connectivity index (χ2n) is 3.58. The van der Waals surface area contributed by atoms with Crippen molar-refractivity contribution in [3.05, 3.63) is 42.0 Å². The van der Waals surface area contributed by atoms with E-state index in [4.69, 9.17) is 0 Å². The summed E-state index contributed by atoms with van der Waals surface area (Å²) in [6.07, 6.45) is 5.61. The van der Waals surface area contributed by atoms with Gasteiger partial charge in [-0.2, -0.15) is 5.10 Å². The highest BCUT2D eigenvalue weighted by Gasteiger charge is 1.96. The minimum Gasteiger partial charge on any atom is -0.377 e. The predicted octanol–water partition coefficient (Wildman–Crippen LogP) is 1.74. The molecule has 0 radical (unpaired) electrons. The summed E-state index contributed by atoms with van der Waals surface area (Å²) in [6.45, 7) is 2.76. The summed E-state index contributed by atoms with van der Waals surface area (Å²) in [6, 6.07) is 4.09. The lowest BCUT2D eigenvalue weighted by atomic mass is 10.3. The summed E-state index contributed by atoms with van der Waals surface area (Å²) in [5.74, 6) is 0. The van der Waals surface area contributed by atoms with Crippen molar-refractivity contribution in [2.24, 2.45) is 7.05 Å². The fraction of sp³-hybridized carbons (Fsp3) is 0.273. The Morgan fingerprint density at radius 1 is 1.33 bits per heavy atom. The highest BCUT2D eigenvalue weighted by Crippen LogP contribution is 2.06. The molecule has 0 saturated heterocycles. The minimum absolute atomic E-state index is 0.728. The Hall–Kier alpha value is -1.84. The monoisotopic (exact) mass is 202 g/mol. The van der Waals surface area contributed by atoms with Crippen molar-refractivity contribution in [3.63, 3.8) is 0 Å². The topological polar surface area (TPSA) is 42.7 Å². The fourth-order valence-electron chi connectivity index (χ4n) is 1.31. The van der Waals surface area contributed by atoms with E-state index < -0.39 is 0 Å². The van der Waals surface area contributed by atoms with Crippen molar-refractivity contribution in [1.29, 1.82) is 0 Å². The summed E-state index contributed by atoms with van der Waals surface area (Å²) in [4.78, 5) is 4.31. The average molecular weight is 202 g/mol. The molecule has 0 aliphatic rings. The molecule has 2 aromatic rings. The van der Waals surface area contributed by atoms with E-state index >= 15 is 0 Å². The summed E-state index contributed by atoms with van der Waals surface area (Å²) in [5.41, 5.74) is 3.23. The largest absolute Gasteiger partial charge is 0.377 e. The molecule has 15 heavy (non-hydrogen) atoms. The second kappa shape index (κ2) is 4.13. The molecule has 2 aromatic heterocycles. The van der Waals surface area contributed by atoms with Crippen molar-refractivity contribution in [2.45, 2.75) is 13.5 Å². The molecule has 0 aliphatic carbocycles. The molecule has 0 fully saturated rings. The summed E-state index contributed by atoms with van der Waals surface area (Å²) in [7, 11) is 1.90. The van der Waals surface area contributed by atoms with Crippen LogP contribution in [0.1, 0.15) is 11.3 Å². The standard InChI is InChI=1S/C11H14N4/c1-9-3-4-10(12-5-9)6-13-11-7-14-15(2)8-11/h3-5,7-8,13H,6H2,1-2H3. The zero-order valence-electron chi connectivity index (χ0n) is 8.94. The number of hydrogen-bond acceptors (Lipinski definition) is 3. The van der Waals surface area contributed by atoms with Gasteiger partial charge in [-0.3, -0.25) is 9.67 Å². The molecule has 0 unspecified atom stereocenters. The molecule has 0 atom stereocenters. The molecular formula is C11H14N4. The molecule has 0 bridgehead atoms. The van der Waals surface area contributed by atoms with Crippen LogP contribution in [0.4, 0.5) is 5.69 Å². The number of pyridine rings is 1. The minimum atomic E-state index is 0.728. The van der Waals surface area contributed by atoms with Crippen LogP contribution in [0.5, 0.6) is 0 Å². The number of aromatic nitrogens is 3. The fourth-order valence-corrected chi connectivity index (χ4v) is 1.31. The second-order valence-corrected chi connectivity index (χ2v) is 3.58. The van der Waals surface area contributed by atoms with E-state index in [0.717, 1.165) is 17.9 Å². The van der Waals surface area contributed by atoms with Crippen molar-refractivity contribution >= 4 is 5.69 Å². The number of anilines is 1. The van der Waals surface area contributed by atoms with E-state index in [-0.39, 0.29) is 0 Å². The molecule has 4 nitrogen and oxygen atoms in total. The molecule has 1 N–H and O–H groups in total. The van der Waals surface area contributed by atoms with E-state index in [1.54, 1.807) is 10.9 Å². The summed E-state index contributed by atoms with van der Waals surface area (Å²) >= 11 is 0. The van der Waals surface area contributed by atoms with E-state index in [1.165, 1.54) is 5.56 Å². The Morgan fingerprint density at radius 3 is 2.80 bits per heavy atom.